The van der Waals surface area contributed by atoms with Gasteiger partial charge >= 0.3 is 0 Å². The highest BCUT2D eigenvalue weighted by atomic mass is 32.1. The fourth-order valence-electron chi connectivity index (χ4n) is 2.56. The van der Waals surface area contributed by atoms with Gasteiger partial charge in [0.05, 0.1) is 16.3 Å². The minimum Gasteiger partial charge on any atom is -0.351 e. The van der Waals surface area contributed by atoms with E-state index < -0.39 is 10.8 Å². The molecule has 26 heavy (non-hydrogen) atoms. The maximum Gasteiger partial charge on any atom is 0.282 e. The maximum absolute atomic E-state index is 12.2. The minimum atomic E-state index is -0.559. The van der Waals surface area contributed by atoms with Crippen LogP contribution >= 0.6 is 11.3 Å². The van der Waals surface area contributed by atoms with Crippen LogP contribution in [0.2, 0.25) is 0 Å². The van der Waals surface area contributed by atoms with Crippen LogP contribution in [-0.4, -0.2) is 32.1 Å². The summed E-state index contributed by atoms with van der Waals surface area (Å²) in [6.07, 6.45) is 0.530. The molecule has 0 aliphatic rings. The van der Waals surface area contributed by atoms with Crippen LogP contribution in [0, 0.1) is 24.0 Å². The van der Waals surface area contributed by atoms with Crippen molar-refractivity contribution < 1.29 is 9.72 Å². The molecule has 0 spiro atoms. The number of nitrogens with zero attached hydrogens (tertiary/aromatic N) is 4. The van der Waals surface area contributed by atoms with E-state index in [2.05, 4.69) is 15.4 Å². The number of para-hydroxylation sites is 1. The number of rotatable bonds is 6. The average Bonchev–Trinajstić information content (AvgIpc) is 3.20. The molecule has 9 heteroatoms. The summed E-state index contributed by atoms with van der Waals surface area (Å²) in [5.74, 6) is -0.466. The van der Waals surface area contributed by atoms with E-state index in [0.29, 0.717) is 13.0 Å². The number of hydrogen-bond acceptors (Lipinski definition) is 6. The van der Waals surface area contributed by atoms with Crippen LogP contribution in [-0.2, 0) is 6.42 Å². The normalized spacial score (nSPS) is 10.7. The Morgan fingerprint density at radius 1 is 1.35 bits per heavy atom. The number of aryl methyl sites for hydroxylation is 2. The number of benzene rings is 1. The van der Waals surface area contributed by atoms with Gasteiger partial charge in [-0.1, -0.05) is 12.1 Å². The molecule has 0 unspecified atom stereocenters. The smallest absolute Gasteiger partial charge is 0.282 e. The van der Waals surface area contributed by atoms with E-state index in [1.807, 2.05) is 25.3 Å². The SMILES string of the molecule is Cc1cc(C)n(-c2nc(CCNC(=O)c3ccccc3[N+](=O)[O-])cs2)n1. The van der Waals surface area contributed by atoms with Crippen molar-refractivity contribution in [1.82, 2.24) is 20.1 Å². The fraction of sp³-hybridized carbons (Fsp3) is 0.235. The van der Waals surface area contributed by atoms with Gasteiger partial charge in [0.15, 0.2) is 0 Å². The van der Waals surface area contributed by atoms with Gasteiger partial charge in [0.2, 0.25) is 5.13 Å². The molecule has 0 aliphatic heterocycles. The highest BCUT2D eigenvalue weighted by Crippen LogP contribution is 2.18. The molecule has 0 aliphatic carbocycles. The molecule has 1 N–H and O–H groups in total. The van der Waals surface area contributed by atoms with Gasteiger partial charge in [-0.25, -0.2) is 9.67 Å². The predicted octanol–water partition coefficient (Wildman–Crippen LogP) is 2.83. The van der Waals surface area contributed by atoms with E-state index in [9.17, 15) is 14.9 Å². The Kier molecular flexibility index (Phi) is 5.08. The van der Waals surface area contributed by atoms with Gasteiger partial charge in [-0.3, -0.25) is 14.9 Å². The summed E-state index contributed by atoms with van der Waals surface area (Å²) in [4.78, 5) is 27.2. The van der Waals surface area contributed by atoms with E-state index in [-0.39, 0.29) is 11.3 Å². The molecular formula is C17H17N5O3S. The van der Waals surface area contributed by atoms with Crippen LogP contribution in [0.25, 0.3) is 5.13 Å². The Bertz CT molecular complexity index is 963. The highest BCUT2D eigenvalue weighted by Gasteiger charge is 2.18. The van der Waals surface area contributed by atoms with Gasteiger partial charge in [-0.05, 0) is 26.0 Å². The lowest BCUT2D eigenvalue weighted by Crippen LogP contribution is -2.26. The molecule has 2 aromatic heterocycles. The van der Waals surface area contributed by atoms with Gasteiger partial charge in [0.25, 0.3) is 11.6 Å². The Labute approximate surface area is 153 Å². The molecule has 134 valence electrons. The van der Waals surface area contributed by atoms with Crippen LogP contribution in [0.3, 0.4) is 0 Å². The maximum atomic E-state index is 12.2. The highest BCUT2D eigenvalue weighted by molar-refractivity contribution is 7.12. The van der Waals surface area contributed by atoms with Crippen LogP contribution in [0.15, 0.2) is 35.7 Å². The predicted molar refractivity (Wildman–Crippen MR) is 97.8 cm³/mol. The Morgan fingerprint density at radius 3 is 2.81 bits per heavy atom. The number of nitro benzene ring substituents is 1. The number of carbonyl (C=O) groups is 1. The molecule has 0 fully saturated rings. The number of nitrogens with one attached hydrogen (secondary N) is 1. The quantitative estimate of drug-likeness (QED) is 0.530. The second-order valence-electron chi connectivity index (χ2n) is 5.74. The summed E-state index contributed by atoms with van der Waals surface area (Å²) in [5, 5.41) is 20.8. The van der Waals surface area contributed by atoms with Gasteiger partial charge in [-0.15, -0.1) is 11.3 Å². The van der Waals surface area contributed by atoms with Crippen molar-refractivity contribution in [2.75, 3.05) is 6.54 Å². The molecule has 0 saturated carbocycles. The fourth-order valence-corrected chi connectivity index (χ4v) is 3.42. The van der Waals surface area contributed by atoms with Crippen molar-refractivity contribution in [2.45, 2.75) is 20.3 Å². The molecule has 2 heterocycles. The first-order chi connectivity index (χ1) is 12.5. The summed E-state index contributed by atoms with van der Waals surface area (Å²) in [5.41, 5.74) is 2.62. The lowest BCUT2D eigenvalue weighted by molar-refractivity contribution is -0.385. The molecule has 0 radical (unpaired) electrons. The second-order valence-corrected chi connectivity index (χ2v) is 6.58. The van der Waals surface area contributed by atoms with Gasteiger partial charge in [0.1, 0.15) is 5.56 Å². The third-order valence-electron chi connectivity index (χ3n) is 3.74. The van der Waals surface area contributed by atoms with Crippen molar-refractivity contribution >= 4 is 22.9 Å². The summed E-state index contributed by atoms with van der Waals surface area (Å²) >= 11 is 1.48. The zero-order valence-electron chi connectivity index (χ0n) is 14.3. The molecule has 0 atom stereocenters. The summed E-state index contributed by atoms with van der Waals surface area (Å²) in [6.45, 7) is 4.23. The number of thiazole rings is 1. The second kappa shape index (κ2) is 7.44. The first-order valence-corrected chi connectivity index (χ1v) is 8.83. The van der Waals surface area contributed by atoms with Gasteiger partial charge in [0, 0.05) is 30.1 Å². The van der Waals surface area contributed by atoms with Crippen molar-refractivity contribution in [3.63, 3.8) is 0 Å². The largest absolute Gasteiger partial charge is 0.351 e. The van der Waals surface area contributed by atoms with E-state index in [1.165, 1.54) is 29.5 Å². The molecule has 0 bridgehead atoms. The van der Waals surface area contributed by atoms with E-state index >= 15 is 0 Å². The molecule has 1 aromatic carbocycles. The lowest BCUT2D eigenvalue weighted by Gasteiger charge is -2.04. The Hall–Kier alpha value is -3.07. The zero-order valence-corrected chi connectivity index (χ0v) is 15.1. The van der Waals surface area contributed by atoms with E-state index in [1.54, 1.807) is 10.7 Å². The monoisotopic (exact) mass is 371 g/mol. The van der Waals surface area contributed by atoms with Crippen molar-refractivity contribution in [1.29, 1.82) is 0 Å². The van der Waals surface area contributed by atoms with Gasteiger partial charge in [-0.2, -0.15) is 5.10 Å². The molecule has 1 amide bonds. The number of amides is 1. The minimum absolute atomic E-state index is 0.0547. The average molecular weight is 371 g/mol. The van der Waals surface area contributed by atoms with Crippen LogP contribution in [0.5, 0.6) is 0 Å². The number of hydrogen-bond donors (Lipinski definition) is 1. The van der Waals surface area contributed by atoms with Crippen molar-refractivity contribution in [3.05, 3.63) is 68.5 Å². The van der Waals surface area contributed by atoms with Crippen LogP contribution in [0.1, 0.15) is 27.4 Å². The molecule has 0 saturated heterocycles. The molecule has 8 nitrogen and oxygen atoms in total. The number of nitro groups is 1. The topological polar surface area (TPSA) is 103 Å². The van der Waals surface area contributed by atoms with Crippen molar-refractivity contribution in [3.8, 4) is 5.13 Å². The number of carbonyl (C=O) groups excluding carboxylic acids is 1. The number of aromatic nitrogens is 3. The van der Waals surface area contributed by atoms with Crippen molar-refractivity contribution in [2.24, 2.45) is 0 Å². The van der Waals surface area contributed by atoms with E-state index in [4.69, 9.17) is 0 Å². The van der Waals surface area contributed by atoms with E-state index in [0.717, 1.165) is 22.2 Å². The third-order valence-corrected chi connectivity index (χ3v) is 4.61. The molecular weight excluding hydrogens is 354 g/mol. The van der Waals surface area contributed by atoms with Crippen LogP contribution in [0.4, 0.5) is 5.69 Å². The zero-order chi connectivity index (χ0) is 18.7. The van der Waals surface area contributed by atoms with Gasteiger partial charge < -0.3 is 5.32 Å². The first kappa shape index (κ1) is 17.7. The Morgan fingerprint density at radius 2 is 2.12 bits per heavy atom. The first-order valence-electron chi connectivity index (χ1n) is 7.95. The standard InChI is InChI=1S/C17H17N5O3S/c1-11-9-12(2)21(20-11)17-19-13(10-26-17)7-8-18-16(23)14-5-3-4-6-15(14)22(24)25/h3-6,9-10H,7-8H2,1-2H3,(H,18,23). The summed E-state index contributed by atoms with van der Waals surface area (Å²) in [6, 6.07) is 7.87. The van der Waals surface area contributed by atoms with Crippen LogP contribution < -0.4 is 5.32 Å². The molecule has 3 rings (SSSR count). The third kappa shape index (κ3) is 3.77. The molecule has 3 aromatic rings. The lowest BCUT2D eigenvalue weighted by atomic mass is 10.1. The Balaban J connectivity index is 1.62. The summed E-state index contributed by atoms with van der Waals surface area (Å²) in [7, 11) is 0. The summed E-state index contributed by atoms with van der Waals surface area (Å²) < 4.78 is 1.79.